The SMILES string of the molecule is CC(C)(C)C(NN)C1CCCCCCC1. The predicted molar refractivity (Wildman–Crippen MR) is 66.4 cm³/mol. The molecule has 0 aromatic rings. The largest absolute Gasteiger partial charge is 0.271 e. The summed E-state index contributed by atoms with van der Waals surface area (Å²) in [5, 5.41) is 0. The van der Waals surface area contributed by atoms with Gasteiger partial charge in [0.05, 0.1) is 0 Å². The predicted octanol–water partition coefficient (Wildman–Crippen LogP) is 3.22. The van der Waals surface area contributed by atoms with E-state index in [1.807, 2.05) is 0 Å². The number of nitrogens with one attached hydrogen (secondary N) is 1. The van der Waals surface area contributed by atoms with Crippen molar-refractivity contribution >= 4 is 0 Å². The van der Waals surface area contributed by atoms with E-state index in [4.69, 9.17) is 5.84 Å². The lowest BCUT2D eigenvalue weighted by molar-refractivity contribution is 0.167. The van der Waals surface area contributed by atoms with Gasteiger partial charge in [0.2, 0.25) is 0 Å². The molecule has 3 N–H and O–H groups in total. The lowest BCUT2D eigenvalue weighted by Crippen LogP contribution is -2.49. The molecule has 0 radical (unpaired) electrons. The molecule has 1 fully saturated rings. The third-order valence-electron chi connectivity index (χ3n) is 3.73. The van der Waals surface area contributed by atoms with Crippen molar-refractivity contribution < 1.29 is 0 Å². The van der Waals surface area contributed by atoms with Crippen LogP contribution in [0.4, 0.5) is 0 Å². The second-order valence-corrected chi connectivity index (χ2v) is 6.12. The third kappa shape index (κ3) is 4.12. The highest BCUT2D eigenvalue weighted by Gasteiger charge is 2.30. The summed E-state index contributed by atoms with van der Waals surface area (Å²) < 4.78 is 0. The monoisotopic (exact) mass is 212 g/mol. The van der Waals surface area contributed by atoms with Gasteiger partial charge in [-0.1, -0.05) is 52.9 Å². The summed E-state index contributed by atoms with van der Waals surface area (Å²) >= 11 is 0. The minimum Gasteiger partial charge on any atom is -0.271 e. The molecule has 0 bridgehead atoms. The van der Waals surface area contributed by atoms with Gasteiger partial charge in [0.15, 0.2) is 0 Å². The Morgan fingerprint density at radius 3 is 1.87 bits per heavy atom. The molecule has 0 heterocycles. The molecule has 90 valence electrons. The van der Waals surface area contributed by atoms with E-state index in [9.17, 15) is 0 Å². The number of hydrazine groups is 1. The maximum atomic E-state index is 5.73. The van der Waals surface area contributed by atoms with Crippen molar-refractivity contribution in [3.8, 4) is 0 Å². The van der Waals surface area contributed by atoms with Crippen molar-refractivity contribution in [1.82, 2.24) is 5.43 Å². The van der Waals surface area contributed by atoms with Crippen LogP contribution < -0.4 is 11.3 Å². The third-order valence-corrected chi connectivity index (χ3v) is 3.73. The van der Waals surface area contributed by atoms with Crippen LogP contribution in [0.25, 0.3) is 0 Å². The topological polar surface area (TPSA) is 38.0 Å². The van der Waals surface area contributed by atoms with Crippen LogP contribution in [0, 0.1) is 11.3 Å². The van der Waals surface area contributed by atoms with Gasteiger partial charge in [-0.05, 0) is 24.2 Å². The molecule has 0 spiro atoms. The van der Waals surface area contributed by atoms with E-state index >= 15 is 0 Å². The highest BCUT2D eigenvalue weighted by Crippen LogP contribution is 2.32. The summed E-state index contributed by atoms with van der Waals surface area (Å²) in [6.07, 6.45) is 9.74. The van der Waals surface area contributed by atoms with Crippen LogP contribution in [0.15, 0.2) is 0 Å². The van der Waals surface area contributed by atoms with Crippen molar-refractivity contribution in [3.63, 3.8) is 0 Å². The van der Waals surface area contributed by atoms with Crippen molar-refractivity contribution in [2.45, 2.75) is 71.8 Å². The summed E-state index contributed by atoms with van der Waals surface area (Å²) in [4.78, 5) is 0. The molecular formula is C13H28N2. The van der Waals surface area contributed by atoms with Gasteiger partial charge >= 0.3 is 0 Å². The summed E-state index contributed by atoms with van der Waals surface area (Å²) in [6.45, 7) is 6.86. The fourth-order valence-corrected chi connectivity index (χ4v) is 2.91. The van der Waals surface area contributed by atoms with Crippen molar-refractivity contribution in [1.29, 1.82) is 0 Å². The normalized spacial score (nSPS) is 23.2. The van der Waals surface area contributed by atoms with Crippen LogP contribution in [0.5, 0.6) is 0 Å². The van der Waals surface area contributed by atoms with Crippen LogP contribution in [0.3, 0.4) is 0 Å². The molecule has 2 heteroatoms. The van der Waals surface area contributed by atoms with Gasteiger partial charge in [-0.25, -0.2) is 0 Å². The average molecular weight is 212 g/mol. The minimum atomic E-state index is 0.276. The highest BCUT2D eigenvalue weighted by atomic mass is 15.2. The zero-order chi connectivity index (χ0) is 11.3. The summed E-state index contributed by atoms with van der Waals surface area (Å²) in [6, 6.07) is 0.468. The fourth-order valence-electron chi connectivity index (χ4n) is 2.91. The van der Waals surface area contributed by atoms with E-state index < -0.39 is 0 Å². The van der Waals surface area contributed by atoms with E-state index in [0.717, 1.165) is 5.92 Å². The Morgan fingerprint density at radius 1 is 1.00 bits per heavy atom. The Kier molecular flexibility index (Phi) is 5.07. The second-order valence-electron chi connectivity index (χ2n) is 6.12. The number of rotatable bonds is 2. The molecule has 0 amide bonds. The Hall–Kier alpha value is -0.0800. The molecular weight excluding hydrogens is 184 g/mol. The molecule has 1 atom stereocenters. The standard InChI is InChI=1S/C13H28N2/c1-13(2,3)12(15-14)11-9-7-5-4-6-8-10-11/h11-12,15H,4-10,14H2,1-3H3. The molecule has 0 aromatic carbocycles. The molecule has 1 saturated carbocycles. The maximum absolute atomic E-state index is 5.73. The van der Waals surface area contributed by atoms with E-state index in [1.165, 1.54) is 44.9 Å². The van der Waals surface area contributed by atoms with Gasteiger partial charge in [-0.3, -0.25) is 11.3 Å². The van der Waals surface area contributed by atoms with E-state index in [0.29, 0.717) is 6.04 Å². The first-order valence-corrected chi connectivity index (χ1v) is 6.52. The maximum Gasteiger partial charge on any atom is 0.0287 e. The first kappa shape index (κ1) is 13.0. The molecule has 15 heavy (non-hydrogen) atoms. The lowest BCUT2D eigenvalue weighted by Gasteiger charge is -2.37. The lowest BCUT2D eigenvalue weighted by atomic mass is 9.74. The van der Waals surface area contributed by atoms with Crippen LogP contribution in [0.1, 0.15) is 65.7 Å². The molecule has 1 unspecified atom stereocenters. The number of hydrogen-bond donors (Lipinski definition) is 2. The van der Waals surface area contributed by atoms with Gasteiger partial charge in [-0.2, -0.15) is 0 Å². The average Bonchev–Trinajstić information content (AvgIpc) is 2.07. The Balaban J connectivity index is 2.56. The fraction of sp³-hybridized carbons (Fsp3) is 1.00. The Bertz CT molecular complexity index is 164. The summed E-state index contributed by atoms with van der Waals surface area (Å²) in [5.41, 5.74) is 3.34. The van der Waals surface area contributed by atoms with Crippen LogP contribution in [-0.2, 0) is 0 Å². The highest BCUT2D eigenvalue weighted by molar-refractivity contribution is 4.85. The smallest absolute Gasteiger partial charge is 0.0287 e. The quantitative estimate of drug-likeness (QED) is 0.545. The Morgan fingerprint density at radius 2 is 1.47 bits per heavy atom. The zero-order valence-electron chi connectivity index (χ0n) is 10.7. The van der Waals surface area contributed by atoms with Crippen LogP contribution >= 0.6 is 0 Å². The van der Waals surface area contributed by atoms with E-state index in [-0.39, 0.29) is 5.41 Å². The van der Waals surface area contributed by atoms with Crippen molar-refractivity contribution in [3.05, 3.63) is 0 Å². The first-order valence-electron chi connectivity index (χ1n) is 6.52. The molecule has 1 aliphatic carbocycles. The van der Waals surface area contributed by atoms with Crippen molar-refractivity contribution in [2.75, 3.05) is 0 Å². The first-order chi connectivity index (χ1) is 7.05. The van der Waals surface area contributed by atoms with E-state index in [2.05, 4.69) is 26.2 Å². The van der Waals surface area contributed by atoms with Gasteiger partial charge < -0.3 is 0 Å². The second kappa shape index (κ2) is 5.86. The van der Waals surface area contributed by atoms with Crippen molar-refractivity contribution in [2.24, 2.45) is 17.2 Å². The molecule has 0 saturated heterocycles. The molecule has 0 aliphatic heterocycles. The summed E-state index contributed by atoms with van der Waals surface area (Å²) in [7, 11) is 0. The molecule has 0 aromatic heterocycles. The Labute approximate surface area is 95.0 Å². The number of hydrogen-bond acceptors (Lipinski definition) is 2. The van der Waals surface area contributed by atoms with Gasteiger partial charge in [0.1, 0.15) is 0 Å². The molecule has 1 aliphatic rings. The zero-order valence-corrected chi connectivity index (χ0v) is 10.7. The summed E-state index contributed by atoms with van der Waals surface area (Å²) in [5.74, 6) is 6.50. The van der Waals surface area contributed by atoms with Gasteiger partial charge in [0.25, 0.3) is 0 Å². The van der Waals surface area contributed by atoms with Gasteiger partial charge in [-0.15, -0.1) is 0 Å². The molecule has 1 rings (SSSR count). The number of nitrogens with two attached hydrogens (primary N) is 1. The minimum absolute atomic E-state index is 0.276. The molecule has 2 nitrogen and oxygen atoms in total. The van der Waals surface area contributed by atoms with Crippen LogP contribution in [-0.4, -0.2) is 6.04 Å². The van der Waals surface area contributed by atoms with E-state index in [1.54, 1.807) is 0 Å². The van der Waals surface area contributed by atoms with Gasteiger partial charge in [0, 0.05) is 6.04 Å². The van der Waals surface area contributed by atoms with Crippen LogP contribution in [0.2, 0.25) is 0 Å².